The maximum absolute atomic E-state index is 13.1. The highest BCUT2D eigenvalue weighted by Crippen LogP contribution is 2.61. The first-order chi connectivity index (χ1) is 14.7. The molecule has 3 nitrogen and oxygen atoms in total. The van der Waals surface area contributed by atoms with Crippen molar-refractivity contribution in [3.63, 3.8) is 0 Å². The standard InChI is InChI=1S/C27H28N2O/c30-26(17-27-14-18-11-19(15-27)13-20(12-18)16-27)29-25-8-4-7-24-22(25)9-10-23(28-24)21-5-2-1-3-6-21/h1-10,18-20H,11-17H2,(H,29,30). The molecule has 0 atom stereocenters. The molecule has 30 heavy (non-hydrogen) atoms. The Labute approximate surface area is 177 Å². The zero-order valence-corrected chi connectivity index (χ0v) is 17.3. The molecule has 1 amide bonds. The first kappa shape index (κ1) is 18.1. The van der Waals surface area contributed by atoms with Crippen molar-refractivity contribution in [1.82, 2.24) is 4.98 Å². The van der Waals surface area contributed by atoms with Crippen LogP contribution in [0.25, 0.3) is 22.2 Å². The zero-order valence-electron chi connectivity index (χ0n) is 17.3. The molecule has 152 valence electrons. The molecule has 0 saturated heterocycles. The van der Waals surface area contributed by atoms with Gasteiger partial charge in [0.1, 0.15) is 0 Å². The van der Waals surface area contributed by atoms with Crippen molar-refractivity contribution in [2.24, 2.45) is 23.2 Å². The van der Waals surface area contributed by atoms with Crippen LogP contribution in [0, 0.1) is 23.2 Å². The normalized spacial score (nSPS) is 29.3. The lowest BCUT2D eigenvalue weighted by Crippen LogP contribution is -2.47. The number of anilines is 1. The number of fused-ring (bicyclic) bond motifs is 1. The van der Waals surface area contributed by atoms with Crippen molar-refractivity contribution in [2.45, 2.75) is 44.9 Å². The fourth-order valence-corrected chi connectivity index (χ4v) is 7.08. The minimum Gasteiger partial charge on any atom is -0.325 e. The van der Waals surface area contributed by atoms with Crippen LogP contribution in [0.5, 0.6) is 0 Å². The van der Waals surface area contributed by atoms with Crippen molar-refractivity contribution in [3.8, 4) is 11.3 Å². The van der Waals surface area contributed by atoms with Gasteiger partial charge < -0.3 is 5.32 Å². The summed E-state index contributed by atoms with van der Waals surface area (Å²) in [6.45, 7) is 0. The molecule has 1 N–H and O–H groups in total. The maximum Gasteiger partial charge on any atom is 0.224 e. The summed E-state index contributed by atoms with van der Waals surface area (Å²) in [5.74, 6) is 2.81. The van der Waals surface area contributed by atoms with Gasteiger partial charge in [0.15, 0.2) is 0 Å². The molecule has 4 saturated carbocycles. The van der Waals surface area contributed by atoms with Gasteiger partial charge in [0.25, 0.3) is 0 Å². The predicted molar refractivity (Wildman–Crippen MR) is 121 cm³/mol. The minimum atomic E-state index is 0.177. The molecule has 4 aliphatic carbocycles. The Morgan fingerprint density at radius 1 is 0.867 bits per heavy atom. The second-order valence-electron chi connectivity index (χ2n) is 10.1. The number of pyridine rings is 1. The van der Waals surface area contributed by atoms with Gasteiger partial charge in [0, 0.05) is 17.4 Å². The Morgan fingerprint density at radius 2 is 1.57 bits per heavy atom. The molecule has 1 aromatic heterocycles. The fraction of sp³-hybridized carbons (Fsp3) is 0.407. The highest BCUT2D eigenvalue weighted by molar-refractivity contribution is 6.01. The van der Waals surface area contributed by atoms with Gasteiger partial charge in [0.05, 0.1) is 16.9 Å². The summed E-state index contributed by atoms with van der Waals surface area (Å²) >= 11 is 0. The number of hydrogen-bond donors (Lipinski definition) is 1. The first-order valence-corrected chi connectivity index (χ1v) is 11.4. The second kappa shape index (κ2) is 6.94. The van der Waals surface area contributed by atoms with Gasteiger partial charge in [-0.3, -0.25) is 4.79 Å². The summed E-state index contributed by atoms with van der Waals surface area (Å²) in [7, 11) is 0. The average molecular weight is 397 g/mol. The molecule has 0 spiro atoms. The van der Waals surface area contributed by atoms with E-state index in [2.05, 4.69) is 23.5 Å². The van der Waals surface area contributed by atoms with Crippen molar-refractivity contribution < 1.29 is 4.79 Å². The lowest BCUT2D eigenvalue weighted by Gasteiger charge is -2.56. The quantitative estimate of drug-likeness (QED) is 0.551. The molecule has 1 heterocycles. The van der Waals surface area contributed by atoms with E-state index in [0.29, 0.717) is 6.42 Å². The SMILES string of the molecule is O=C(CC12CC3CC(CC(C3)C1)C2)Nc1cccc2nc(-c3ccccc3)ccc12. The van der Waals surface area contributed by atoms with Crippen LogP contribution in [-0.2, 0) is 4.79 Å². The molecule has 4 bridgehead atoms. The van der Waals surface area contributed by atoms with Crippen LogP contribution in [0.1, 0.15) is 44.9 Å². The topological polar surface area (TPSA) is 42.0 Å². The summed E-state index contributed by atoms with van der Waals surface area (Å²) in [6.07, 6.45) is 8.74. The third-order valence-corrected chi connectivity index (χ3v) is 7.78. The maximum atomic E-state index is 13.1. The molecule has 2 aromatic carbocycles. The number of amides is 1. The van der Waals surface area contributed by atoms with Gasteiger partial charge in [-0.15, -0.1) is 0 Å². The van der Waals surface area contributed by atoms with E-state index in [1.807, 2.05) is 42.5 Å². The van der Waals surface area contributed by atoms with Gasteiger partial charge in [-0.2, -0.15) is 0 Å². The van der Waals surface area contributed by atoms with Gasteiger partial charge in [0.2, 0.25) is 5.91 Å². The van der Waals surface area contributed by atoms with Gasteiger partial charge in [-0.05, 0) is 86.0 Å². The molecule has 0 radical (unpaired) electrons. The van der Waals surface area contributed by atoms with Crippen LogP contribution in [0.4, 0.5) is 5.69 Å². The molecular weight excluding hydrogens is 368 g/mol. The Morgan fingerprint density at radius 3 is 2.27 bits per heavy atom. The van der Waals surface area contributed by atoms with E-state index in [4.69, 9.17) is 4.98 Å². The van der Waals surface area contributed by atoms with E-state index in [1.165, 1.54) is 38.5 Å². The molecule has 0 unspecified atom stereocenters. The second-order valence-corrected chi connectivity index (χ2v) is 10.1. The molecular formula is C27H28N2O. The van der Waals surface area contributed by atoms with Crippen molar-refractivity contribution in [2.75, 3.05) is 5.32 Å². The molecule has 0 aliphatic heterocycles. The van der Waals surface area contributed by atoms with Gasteiger partial charge >= 0.3 is 0 Å². The van der Waals surface area contributed by atoms with E-state index in [9.17, 15) is 4.79 Å². The summed E-state index contributed by atoms with van der Waals surface area (Å²) < 4.78 is 0. The molecule has 4 aliphatic rings. The van der Waals surface area contributed by atoms with E-state index < -0.39 is 0 Å². The summed E-state index contributed by atoms with van der Waals surface area (Å²) in [6, 6.07) is 20.4. The molecule has 3 heteroatoms. The summed E-state index contributed by atoms with van der Waals surface area (Å²) in [4.78, 5) is 17.9. The number of benzene rings is 2. The molecule has 4 fully saturated rings. The lowest BCUT2D eigenvalue weighted by atomic mass is 9.49. The van der Waals surface area contributed by atoms with Crippen molar-refractivity contribution in [1.29, 1.82) is 0 Å². The smallest absolute Gasteiger partial charge is 0.224 e. The van der Waals surface area contributed by atoms with E-state index in [1.54, 1.807) is 0 Å². The van der Waals surface area contributed by atoms with Gasteiger partial charge in [-0.25, -0.2) is 4.98 Å². The van der Waals surface area contributed by atoms with Crippen molar-refractivity contribution in [3.05, 3.63) is 60.7 Å². The summed E-state index contributed by atoms with van der Waals surface area (Å²) in [5, 5.41) is 4.25. The number of aromatic nitrogens is 1. The fourth-order valence-electron chi connectivity index (χ4n) is 7.08. The molecule has 3 aromatic rings. The number of rotatable bonds is 4. The van der Waals surface area contributed by atoms with E-state index in [-0.39, 0.29) is 11.3 Å². The number of nitrogens with one attached hydrogen (secondary N) is 1. The minimum absolute atomic E-state index is 0.177. The summed E-state index contributed by atoms with van der Waals surface area (Å²) in [5.41, 5.74) is 4.14. The predicted octanol–water partition coefficient (Wildman–Crippen LogP) is 6.45. The van der Waals surface area contributed by atoms with E-state index >= 15 is 0 Å². The van der Waals surface area contributed by atoms with Crippen LogP contribution in [0.15, 0.2) is 60.7 Å². The number of hydrogen-bond acceptors (Lipinski definition) is 2. The monoisotopic (exact) mass is 396 g/mol. The Hall–Kier alpha value is -2.68. The van der Waals surface area contributed by atoms with Gasteiger partial charge in [-0.1, -0.05) is 36.4 Å². The van der Waals surface area contributed by atoms with Crippen LogP contribution in [0.3, 0.4) is 0 Å². The number of nitrogens with zero attached hydrogens (tertiary/aromatic N) is 1. The molecule has 7 rings (SSSR count). The third-order valence-electron chi connectivity index (χ3n) is 7.78. The highest BCUT2D eigenvalue weighted by atomic mass is 16.1. The Kier molecular flexibility index (Phi) is 4.19. The van der Waals surface area contributed by atoms with Crippen LogP contribution in [-0.4, -0.2) is 10.9 Å². The van der Waals surface area contributed by atoms with Crippen LogP contribution < -0.4 is 5.32 Å². The Balaban J connectivity index is 1.23. The third kappa shape index (κ3) is 3.21. The number of carbonyl (C=O) groups excluding carboxylic acids is 1. The lowest BCUT2D eigenvalue weighted by molar-refractivity contribution is -0.124. The van der Waals surface area contributed by atoms with E-state index in [0.717, 1.165) is 45.6 Å². The first-order valence-electron chi connectivity index (χ1n) is 11.4. The van der Waals surface area contributed by atoms with Crippen LogP contribution >= 0.6 is 0 Å². The Bertz CT molecular complexity index is 1070. The zero-order chi connectivity index (χ0) is 20.1. The highest BCUT2D eigenvalue weighted by Gasteiger charge is 2.51. The number of carbonyl (C=O) groups is 1. The average Bonchev–Trinajstić information content (AvgIpc) is 2.73. The van der Waals surface area contributed by atoms with Crippen molar-refractivity contribution >= 4 is 22.5 Å². The van der Waals surface area contributed by atoms with Crippen LogP contribution in [0.2, 0.25) is 0 Å². The largest absolute Gasteiger partial charge is 0.325 e.